The van der Waals surface area contributed by atoms with E-state index in [-0.39, 0.29) is 5.82 Å². The van der Waals surface area contributed by atoms with Crippen molar-refractivity contribution in [2.45, 2.75) is 25.2 Å². The maximum atomic E-state index is 13.1. The lowest BCUT2D eigenvalue weighted by molar-refractivity contribution is 0.0279. The minimum atomic E-state index is -0.823. The molecule has 1 unspecified atom stereocenters. The fourth-order valence-corrected chi connectivity index (χ4v) is 3.94. The van der Waals surface area contributed by atoms with Crippen molar-refractivity contribution in [3.8, 4) is 5.75 Å². The van der Waals surface area contributed by atoms with Gasteiger partial charge in [-0.25, -0.2) is 9.37 Å². The van der Waals surface area contributed by atoms with Gasteiger partial charge in [0.25, 0.3) is 0 Å². The van der Waals surface area contributed by atoms with E-state index in [4.69, 9.17) is 4.74 Å². The van der Waals surface area contributed by atoms with E-state index >= 15 is 0 Å². The Morgan fingerprint density at radius 1 is 1.13 bits per heavy atom. The first-order chi connectivity index (χ1) is 15.0. The molecule has 162 valence electrons. The number of aromatic nitrogens is 2. The lowest BCUT2D eigenvalue weighted by Crippen LogP contribution is -2.43. The number of benzene rings is 1. The zero-order valence-electron chi connectivity index (χ0n) is 17.6. The molecular weight excluding hydrogens is 395 g/mol. The molecule has 6 nitrogen and oxygen atoms in total. The lowest BCUT2D eigenvalue weighted by Gasteiger charge is -2.29. The number of β-amino-alcohol motifs (C(OH)–C–C–N with tert-alkyl or cyclic N) is 1. The van der Waals surface area contributed by atoms with Gasteiger partial charge >= 0.3 is 0 Å². The fraction of sp³-hybridized carbons (Fsp3) is 0.333. The van der Waals surface area contributed by atoms with Crippen LogP contribution >= 0.6 is 0 Å². The molecule has 0 radical (unpaired) electrons. The summed E-state index contributed by atoms with van der Waals surface area (Å²) in [6.07, 6.45) is 3.62. The molecule has 0 spiro atoms. The smallest absolute Gasteiger partial charge is 0.141 e. The summed E-state index contributed by atoms with van der Waals surface area (Å²) in [6.45, 7) is 2.88. The molecule has 3 aromatic rings. The summed E-state index contributed by atoms with van der Waals surface area (Å²) in [7, 11) is 2.00. The Balaban J connectivity index is 1.27. The summed E-state index contributed by atoms with van der Waals surface area (Å²) in [5.74, 6) is 1.14. The van der Waals surface area contributed by atoms with Gasteiger partial charge in [0, 0.05) is 32.4 Å². The van der Waals surface area contributed by atoms with Crippen LogP contribution in [0.4, 0.5) is 10.2 Å². The zero-order valence-corrected chi connectivity index (χ0v) is 17.6. The van der Waals surface area contributed by atoms with Gasteiger partial charge in [0.05, 0.1) is 17.5 Å². The van der Waals surface area contributed by atoms with Crippen LogP contribution in [0.25, 0.3) is 0 Å². The minimum Gasteiger partial charge on any atom is -0.487 e. The van der Waals surface area contributed by atoms with Crippen LogP contribution in [0.1, 0.15) is 17.7 Å². The van der Waals surface area contributed by atoms with Crippen LogP contribution in [-0.2, 0) is 13.2 Å². The number of ether oxygens (including phenoxy) is 1. The average Bonchev–Trinajstić information content (AvgIpc) is 3.16. The van der Waals surface area contributed by atoms with Crippen LogP contribution in [-0.4, -0.2) is 52.3 Å². The van der Waals surface area contributed by atoms with Crippen molar-refractivity contribution in [2.75, 3.05) is 31.6 Å². The topological polar surface area (TPSA) is 61.7 Å². The molecule has 0 amide bonds. The molecule has 1 saturated heterocycles. The molecule has 1 atom stereocenters. The third-order valence-electron chi connectivity index (χ3n) is 5.42. The number of hydrogen-bond donors (Lipinski definition) is 1. The van der Waals surface area contributed by atoms with Crippen molar-refractivity contribution in [2.24, 2.45) is 0 Å². The number of aliphatic hydroxyl groups is 1. The highest BCUT2D eigenvalue weighted by molar-refractivity contribution is 5.40. The summed E-state index contributed by atoms with van der Waals surface area (Å²) < 4.78 is 18.9. The minimum absolute atomic E-state index is 0.355. The molecule has 1 aliphatic rings. The van der Waals surface area contributed by atoms with E-state index < -0.39 is 5.60 Å². The van der Waals surface area contributed by atoms with E-state index in [1.54, 1.807) is 12.3 Å². The van der Waals surface area contributed by atoms with E-state index in [0.717, 1.165) is 23.6 Å². The van der Waals surface area contributed by atoms with Crippen molar-refractivity contribution in [3.05, 3.63) is 84.1 Å². The Morgan fingerprint density at radius 2 is 1.97 bits per heavy atom. The van der Waals surface area contributed by atoms with Crippen LogP contribution in [0.5, 0.6) is 5.75 Å². The van der Waals surface area contributed by atoms with Crippen LogP contribution in [0, 0.1) is 5.82 Å². The molecule has 31 heavy (non-hydrogen) atoms. The number of anilines is 1. The molecule has 0 aliphatic carbocycles. The molecule has 7 heteroatoms. The number of likely N-dealkylation sites (N-methyl/N-ethyl adjacent to an activating group) is 1. The molecule has 1 fully saturated rings. The highest BCUT2D eigenvalue weighted by Crippen LogP contribution is 2.26. The van der Waals surface area contributed by atoms with Crippen molar-refractivity contribution in [3.63, 3.8) is 0 Å². The van der Waals surface area contributed by atoms with Gasteiger partial charge in [-0.3, -0.25) is 9.88 Å². The summed E-state index contributed by atoms with van der Waals surface area (Å²) in [5, 5.41) is 11.0. The molecule has 0 bridgehead atoms. The summed E-state index contributed by atoms with van der Waals surface area (Å²) in [6, 6.07) is 16.8. The maximum absolute atomic E-state index is 13.1. The number of pyridine rings is 2. The SMILES string of the molecule is CN(Cc1ccc(OCc2ccccn2)cc1)CC1(O)CCN(c2ccc(F)cn2)C1. The predicted molar refractivity (Wildman–Crippen MR) is 117 cm³/mol. The monoisotopic (exact) mass is 422 g/mol. The quantitative estimate of drug-likeness (QED) is 0.601. The van der Waals surface area contributed by atoms with Gasteiger partial charge in [-0.1, -0.05) is 18.2 Å². The average molecular weight is 423 g/mol. The highest BCUT2D eigenvalue weighted by Gasteiger charge is 2.37. The lowest BCUT2D eigenvalue weighted by atomic mass is 10.0. The number of rotatable bonds is 8. The van der Waals surface area contributed by atoms with E-state index in [9.17, 15) is 9.50 Å². The Kier molecular flexibility index (Phi) is 6.44. The third-order valence-corrected chi connectivity index (χ3v) is 5.42. The van der Waals surface area contributed by atoms with Gasteiger partial charge in [0.15, 0.2) is 0 Å². The van der Waals surface area contributed by atoms with E-state index in [2.05, 4.69) is 14.9 Å². The molecule has 1 aliphatic heterocycles. The number of hydrogen-bond acceptors (Lipinski definition) is 6. The predicted octanol–water partition coefficient (Wildman–Crippen LogP) is 3.27. The first-order valence-electron chi connectivity index (χ1n) is 10.4. The van der Waals surface area contributed by atoms with E-state index in [1.165, 1.54) is 12.3 Å². The Bertz CT molecular complexity index is 969. The van der Waals surface area contributed by atoms with Crippen molar-refractivity contribution >= 4 is 5.82 Å². The molecule has 1 N–H and O–H groups in total. The zero-order chi connectivity index (χ0) is 21.7. The molecule has 3 heterocycles. The van der Waals surface area contributed by atoms with Crippen molar-refractivity contribution in [1.29, 1.82) is 0 Å². The summed E-state index contributed by atoms with van der Waals surface area (Å²) >= 11 is 0. The van der Waals surface area contributed by atoms with Crippen molar-refractivity contribution < 1.29 is 14.2 Å². The second-order valence-electron chi connectivity index (χ2n) is 8.16. The number of nitrogens with zero attached hydrogens (tertiary/aromatic N) is 4. The third kappa shape index (κ3) is 5.77. The largest absolute Gasteiger partial charge is 0.487 e. The fourth-order valence-electron chi connectivity index (χ4n) is 3.94. The Hall–Kier alpha value is -3.03. The molecule has 1 aromatic carbocycles. The van der Waals surface area contributed by atoms with Crippen LogP contribution in [0.15, 0.2) is 67.0 Å². The normalized spacial score (nSPS) is 18.5. The molecular formula is C24H27FN4O2. The van der Waals surface area contributed by atoms with E-state index in [0.29, 0.717) is 38.5 Å². The van der Waals surface area contributed by atoms with E-state index in [1.807, 2.05) is 54.4 Å². The van der Waals surface area contributed by atoms with Crippen LogP contribution in [0.3, 0.4) is 0 Å². The van der Waals surface area contributed by atoms with Crippen LogP contribution in [0.2, 0.25) is 0 Å². The van der Waals surface area contributed by atoms with Gasteiger partial charge in [-0.15, -0.1) is 0 Å². The number of halogens is 1. The molecule has 0 saturated carbocycles. The summed E-state index contributed by atoms with van der Waals surface area (Å²) in [4.78, 5) is 12.5. The first kappa shape index (κ1) is 21.2. The second kappa shape index (κ2) is 9.41. The van der Waals surface area contributed by atoms with Gasteiger partial charge in [0.2, 0.25) is 0 Å². The van der Waals surface area contributed by atoms with Crippen molar-refractivity contribution in [1.82, 2.24) is 14.9 Å². The second-order valence-corrected chi connectivity index (χ2v) is 8.16. The Labute approximate surface area is 181 Å². The standard InChI is InChI=1S/C24H27FN4O2/c1-28(17-24(30)11-13-29(18-24)23-10-7-20(25)14-27-23)15-19-5-8-22(9-6-19)31-16-21-4-2-3-12-26-21/h2-10,12,14,30H,11,13,15-18H2,1H3. The Morgan fingerprint density at radius 3 is 2.68 bits per heavy atom. The molecule has 4 rings (SSSR count). The first-order valence-corrected chi connectivity index (χ1v) is 10.4. The van der Waals surface area contributed by atoms with Gasteiger partial charge in [0.1, 0.15) is 24.0 Å². The summed E-state index contributed by atoms with van der Waals surface area (Å²) in [5.41, 5.74) is 1.21. The van der Waals surface area contributed by atoms with Crippen LogP contribution < -0.4 is 9.64 Å². The van der Waals surface area contributed by atoms with Gasteiger partial charge in [-0.2, -0.15) is 0 Å². The highest BCUT2D eigenvalue weighted by atomic mass is 19.1. The molecule has 2 aromatic heterocycles. The van der Waals surface area contributed by atoms with Gasteiger partial charge < -0.3 is 14.7 Å². The van der Waals surface area contributed by atoms with Gasteiger partial charge in [-0.05, 0) is 55.4 Å². The maximum Gasteiger partial charge on any atom is 0.141 e.